The van der Waals surface area contributed by atoms with E-state index >= 15 is 0 Å². The molecule has 32 heavy (non-hydrogen) atoms. The fourth-order valence-electron chi connectivity index (χ4n) is 2.96. The number of sulfonamides is 1. The molecular weight excluding hydrogens is 436 g/mol. The smallest absolute Gasteiger partial charge is 0.232 e. The number of methoxy groups -OCH3 is 3. The van der Waals surface area contributed by atoms with E-state index in [1.807, 2.05) is 0 Å². The third-order valence-corrected chi connectivity index (χ3v) is 5.75. The zero-order chi connectivity index (χ0) is 23.6. The summed E-state index contributed by atoms with van der Waals surface area (Å²) in [5, 5.41) is 2.77. The van der Waals surface area contributed by atoms with Crippen LogP contribution < -0.4 is 28.6 Å². The lowest BCUT2D eigenvalue weighted by Crippen LogP contribution is -2.33. The molecule has 0 aliphatic carbocycles. The lowest BCUT2D eigenvalue weighted by atomic mass is 10.2. The average Bonchev–Trinajstić information content (AvgIpc) is 2.79. The van der Waals surface area contributed by atoms with Gasteiger partial charge in [0, 0.05) is 19.0 Å². The van der Waals surface area contributed by atoms with Gasteiger partial charge in [-0.1, -0.05) is 0 Å². The van der Waals surface area contributed by atoms with Crippen molar-refractivity contribution in [3.63, 3.8) is 0 Å². The second-order valence-electron chi connectivity index (χ2n) is 6.85. The maximum absolute atomic E-state index is 12.3. The van der Waals surface area contributed by atoms with Crippen LogP contribution in [0.15, 0.2) is 42.5 Å². The molecule has 0 aliphatic rings. The summed E-state index contributed by atoms with van der Waals surface area (Å²) in [6.45, 7) is 0.792. The second-order valence-corrected chi connectivity index (χ2v) is 8.76. The minimum Gasteiger partial charge on any atom is -0.497 e. The van der Waals surface area contributed by atoms with Crippen molar-refractivity contribution in [1.29, 1.82) is 0 Å². The number of carbonyl (C=O) groups is 1. The van der Waals surface area contributed by atoms with Crippen LogP contribution in [-0.2, 0) is 14.8 Å². The standard InChI is InChI=1S/C22H30N2O7S/c1-28-17-7-9-18(10-8-17)31-15-13-23-22(25)6-5-14-24(32(4,26)27)20-12-11-19(29-2)16-21(20)30-3/h7-12,16H,5-6,13-15H2,1-4H3,(H,23,25). The summed E-state index contributed by atoms with van der Waals surface area (Å²) < 4.78 is 47.0. The summed E-state index contributed by atoms with van der Waals surface area (Å²) in [7, 11) is 0.994. The van der Waals surface area contributed by atoms with Gasteiger partial charge in [-0.2, -0.15) is 0 Å². The molecule has 0 unspecified atom stereocenters. The lowest BCUT2D eigenvalue weighted by molar-refractivity contribution is -0.121. The summed E-state index contributed by atoms with van der Waals surface area (Å²) in [6, 6.07) is 12.0. The Labute approximate surface area is 189 Å². The first-order valence-corrected chi connectivity index (χ1v) is 11.9. The minimum atomic E-state index is -3.57. The SMILES string of the molecule is COc1ccc(OCCNC(=O)CCCN(c2ccc(OC)cc2OC)S(C)(=O)=O)cc1. The van der Waals surface area contributed by atoms with Crippen molar-refractivity contribution < 1.29 is 32.2 Å². The Morgan fingerprint density at radius 3 is 2.16 bits per heavy atom. The Morgan fingerprint density at radius 1 is 0.938 bits per heavy atom. The number of hydrogen-bond donors (Lipinski definition) is 1. The van der Waals surface area contributed by atoms with Gasteiger partial charge < -0.3 is 24.3 Å². The molecule has 0 aromatic heterocycles. The molecule has 9 nitrogen and oxygen atoms in total. The predicted molar refractivity (Wildman–Crippen MR) is 122 cm³/mol. The number of nitrogens with zero attached hydrogens (tertiary/aromatic N) is 1. The van der Waals surface area contributed by atoms with Gasteiger partial charge >= 0.3 is 0 Å². The van der Waals surface area contributed by atoms with Crippen LogP contribution in [0.2, 0.25) is 0 Å². The van der Waals surface area contributed by atoms with Crippen LogP contribution in [0, 0.1) is 0 Å². The number of ether oxygens (including phenoxy) is 4. The second kappa shape index (κ2) is 12.0. The van der Waals surface area contributed by atoms with Crippen molar-refractivity contribution in [2.45, 2.75) is 12.8 Å². The topological polar surface area (TPSA) is 103 Å². The van der Waals surface area contributed by atoms with Crippen LogP contribution in [0.25, 0.3) is 0 Å². The Hall–Kier alpha value is -3.14. The van der Waals surface area contributed by atoms with Crippen LogP contribution in [0.4, 0.5) is 5.69 Å². The third kappa shape index (κ3) is 7.52. The van der Waals surface area contributed by atoms with E-state index in [0.29, 0.717) is 42.5 Å². The van der Waals surface area contributed by atoms with Gasteiger partial charge in [-0.25, -0.2) is 8.42 Å². The molecule has 0 radical (unpaired) electrons. The van der Waals surface area contributed by atoms with Gasteiger partial charge in [0.15, 0.2) is 0 Å². The molecule has 0 bridgehead atoms. The van der Waals surface area contributed by atoms with E-state index < -0.39 is 10.0 Å². The fourth-order valence-corrected chi connectivity index (χ4v) is 3.93. The largest absolute Gasteiger partial charge is 0.497 e. The van der Waals surface area contributed by atoms with Gasteiger partial charge in [0.2, 0.25) is 15.9 Å². The summed E-state index contributed by atoms with van der Waals surface area (Å²) in [4.78, 5) is 12.1. The summed E-state index contributed by atoms with van der Waals surface area (Å²) in [5.41, 5.74) is 0.393. The molecule has 0 aliphatic heterocycles. The van der Waals surface area contributed by atoms with E-state index in [1.165, 1.54) is 18.5 Å². The molecule has 10 heteroatoms. The number of benzene rings is 2. The molecule has 176 valence electrons. The van der Waals surface area contributed by atoms with E-state index in [4.69, 9.17) is 18.9 Å². The summed E-state index contributed by atoms with van der Waals surface area (Å²) >= 11 is 0. The van der Waals surface area contributed by atoms with Crippen LogP contribution >= 0.6 is 0 Å². The van der Waals surface area contributed by atoms with E-state index in [9.17, 15) is 13.2 Å². The quantitative estimate of drug-likeness (QED) is 0.452. The van der Waals surface area contributed by atoms with Gasteiger partial charge in [-0.3, -0.25) is 9.10 Å². The van der Waals surface area contributed by atoms with Crippen LogP contribution in [0.1, 0.15) is 12.8 Å². The van der Waals surface area contributed by atoms with Gasteiger partial charge in [0.05, 0.1) is 39.8 Å². The molecule has 0 saturated heterocycles. The van der Waals surface area contributed by atoms with Crippen molar-refractivity contribution in [2.75, 3.05) is 51.6 Å². The Morgan fingerprint density at radius 2 is 1.56 bits per heavy atom. The van der Waals surface area contributed by atoms with Gasteiger partial charge in [0.1, 0.15) is 29.6 Å². The van der Waals surface area contributed by atoms with E-state index in [0.717, 1.165) is 12.0 Å². The minimum absolute atomic E-state index is 0.136. The van der Waals surface area contributed by atoms with Crippen molar-refractivity contribution in [1.82, 2.24) is 5.32 Å². The summed E-state index contributed by atoms with van der Waals surface area (Å²) in [5.74, 6) is 2.15. The van der Waals surface area contributed by atoms with E-state index in [-0.39, 0.29) is 18.9 Å². The number of hydrogen-bond acceptors (Lipinski definition) is 7. The first-order chi connectivity index (χ1) is 15.3. The van der Waals surface area contributed by atoms with Crippen LogP contribution in [0.3, 0.4) is 0 Å². The first kappa shape index (κ1) is 25.1. The van der Waals surface area contributed by atoms with Crippen molar-refractivity contribution >= 4 is 21.6 Å². The van der Waals surface area contributed by atoms with Crippen LogP contribution in [-0.4, -0.2) is 61.6 Å². The number of anilines is 1. The Kier molecular flexibility index (Phi) is 9.45. The van der Waals surface area contributed by atoms with Crippen molar-refractivity contribution in [3.05, 3.63) is 42.5 Å². The van der Waals surface area contributed by atoms with E-state index in [1.54, 1.807) is 49.6 Å². The molecule has 0 saturated carbocycles. The number of rotatable bonds is 13. The Bertz CT molecular complexity index is 978. The highest BCUT2D eigenvalue weighted by Crippen LogP contribution is 2.33. The van der Waals surface area contributed by atoms with Crippen LogP contribution in [0.5, 0.6) is 23.0 Å². The number of nitrogens with one attached hydrogen (secondary N) is 1. The zero-order valence-corrected chi connectivity index (χ0v) is 19.6. The highest BCUT2D eigenvalue weighted by molar-refractivity contribution is 7.92. The normalized spacial score (nSPS) is 10.9. The predicted octanol–water partition coefficient (Wildman–Crippen LogP) is 2.45. The molecular formula is C22H30N2O7S. The van der Waals surface area contributed by atoms with Gasteiger partial charge in [-0.05, 0) is 42.8 Å². The van der Waals surface area contributed by atoms with Crippen molar-refractivity contribution in [2.24, 2.45) is 0 Å². The maximum Gasteiger partial charge on any atom is 0.232 e. The highest BCUT2D eigenvalue weighted by atomic mass is 32.2. The molecule has 1 amide bonds. The number of carbonyl (C=O) groups excluding carboxylic acids is 1. The average molecular weight is 467 g/mol. The van der Waals surface area contributed by atoms with Crippen molar-refractivity contribution in [3.8, 4) is 23.0 Å². The fraction of sp³-hybridized carbons (Fsp3) is 0.409. The maximum atomic E-state index is 12.3. The zero-order valence-electron chi connectivity index (χ0n) is 18.8. The van der Waals surface area contributed by atoms with E-state index in [2.05, 4.69) is 5.32 Å². The molecule has 1 N–H and O–H groups in total. The highest BCUT2D eigenvalue weighted by Gasteiger charge is 2.21. The number of amides is 1. The molecule has 0 fully saturated rings. The molecule has 2 aromatic rings. The lowest BCUT2D eigenvalue weighted by Gasteiger charge is -2.24. The molecule has 2 rings (SSSR count). The Balaban J connectivity index is 1.83. The third-order valence-electron chi connectivity index (χ3n) is 4.57. The monoisotopic (exact) mass is 466 g/mol. The molecule has 2 aromatic carbocycles. The first-order valence-electron chi connectivity index (χ1n) is 10.0. The molecule has 0 spiro atoms. The molecule has 0 heterocycles. The van der Waals surface area contributed by atoms with Gasteiger partial charge in [0.25, 0.3) is 0 Å². The van der Waals surface area contributed by atoms with Gasteiger partial charge in [-0.15, -0.1) is 0 Å². The molecule has 0 atom stereocenters. The summed E-state index contributed by atoms with van der Waals surface area (Å²) in [6.07, 6.45) is 1.63.